The van der Waals surface area contributed by atoms with Crippen molar-refractivity contribution in [1.29, 1.82) is 0 Å². The number of ether oxygens (including phenoxy) is 1. The molecule has 2 N–H and O–H groups in total. The number of methoxy groups -OCH3 is 1. The Hall–Kier alpha value is -1.28. The summed E-state index contributed by atoms with van der Waals surface area (Å²) in [6.45, 7) is 5.64. The van der Waals surface area contributed by atoms with E-state index < -0.39 is 4.92 Å². The number of halogens is 2. The van der Waals surface area contributed by atoms with Gasteiger partial charge in [-0.05, 0) is 6.42 Å². The van der Waals surface area contributed by atoms with Crippen LogP contribution in [-0.4, -0.2) is 48.2 Å². The molecule has 26 heavy (non-hydrogen) atoms. The molecule has 1 aliphatic rings. The molecule has 1 fully saturated rings. The summed E-state index contributed by atoms with van der Waals surface area (Å²) >= 11 is 0. The van der Waals surface area contributed by atoms with Crippen LogP contribution < -0.4 is 10.1 Å². The number of aromatic hydroxyl groups is 1. The van der Waals surface area contributed by atoms with Crippen molar-refractivity contribution < 1.29 is 14.8 Å². The summed E-state index contributed by atoms with van der Waals surface area (Å²) < 4.78 is 5.15. The molecule has 0 unspecified atom stereocenters. The van der Waals surface area contributed by atoms with Crippen LogP contribution in [0.15, 0.2) is 12.1 Å². The largest absolute Gasteiger partial charge is 0.504 e. The summed E-state index contributed by atoms with van der Waals surface area (Å²) in [6, 6.07) is 2.74. The second-order valence-electron chi connectivity index (χ2n) is 6.14. The maximum absolute atomic E-state index is 11.2. The molecule has 0 radical (unpaired) electrons. The number of nitrogens with one attached hydrogen (secondary N) is 1. The standard InChI is InChI=1S/C17H27N3O4.2ClH/c1-3-4-5-6-15(19-9-7-18-8-10-19)14-11-13(20(22)23)12-16(24-2)17(14)21;;/h11-12,15,18,21H,3-10H2,1-2H3;2*1H/t15-;;/m0../s1. The summed E-state index contributed by atoms with van der Waals surface area (Å²) in [5, 5.41) is 25.1. The fourth-order valence-electron chi connectivity index (χ4n) is 3.25. The third-order valence-electron chi connectivity index (χ3n) is 4.55. The summed E-state index contributed by atoms with van der Waals surface area (Å²) in [4.78, 5) is 13.1. The Morgan fingerprint density at radius 3 is 2.50 bits per heavy atom. The van der Waals surface area contributed by atoms with Gasteiger partial charge >= 0.3 is 0 Å². The third-order valence-corrected chi connectivity index (χ3v) is 4.55. The Labute approximate surface area is 167 Å². The monoisotopic (exact) mass is 409 g/mol. The van der Waals surface area contributed by atoms with E-state index >= 15 is 0 Å². The zero-order valence-corrected chi connectivity index (χ0v) is 16.9. The van der Waals surface area contributed by atoms with E-state index in [1.165, 1.54) is 19.2 Å². The molecule has 0 saturated carbocycles. The number of phenolic OH excluding ortho intramolecular Hbond substituents is 1. The van der Waals surface area contributed by atoms with Gasteiger partial charge in [-0.25, -0.2) is 0 Å². The number of hydrogen-bond acceptors (Lipinski definition) is 6. The summed E-state index contributed by atoms with van der Waals surface area (Å²) in [5.74, 6) is 0.179. The summed E-state index contributed by atoms with van der Waals surface area (Å²) in [7, 11) is 1.42. The maximum atomic E-state index is 11.2. The predicted octanol–water partition coefficient (Wildman–Crippen LogP) is 3.68. The zero-order valence-electron chi connectivity index (χ0n) is 15.3. The van der Waals surface area contributed by atoms with Crippen molar-refractivity contribution in [2.45, 2.75) is 38.6 Å². The SMILES string of the molecule is CCCCC[C@@H](c1cc([N+](=O)[O-])cc(OC)c1O)N1CCNCC1.Cl.Cl. The number of hydrogen-bond donors (Lipinski definition) is 2. The number of rotatable bonds is 8. The number of benzene rings is 1. The van der Waals surface area contributed by atoms with E-state index in [-0.39, 0.29) is 48.0 Å². The number of piperazine rings is 1. The minimum atomic E-state index is -0.438. The molecule has 0 bridgehead atoms. The van der Waals surface area contributed by atoms with Crippen molar-refractivity contribution >= 4 is 30.5 Å². The van der Waals surface area contributed by atoms with Crippen LogP contribution in [-0.2, 0) is 0 Å². The van der Waals surface area contributed by atoms with Crippen molar-refractivity contribution in [2.75, 3.05) is 33.3 Å². The Balaban J connectivity index is 0.00000312. The van der Waals surface area contributed by atoms with Crippen molar-refractivity contribution in [3.63, 3.8) is 0 Å². The average Bonchev–Trinajstić information content (AvgIpc) is 2.60. The van der Waals surface area contributed by atoms with E-state index in [1.54, 1.807) is 0 Å². The lowest BCUT2D eigenvalue weighted by molar-refractivity contribution is -0.385. The van der Waals surface area contributed by atoms with E-state index in [4.69, 9.17) is 4.74 Å². The molecule has 2 rings (SSSR count). The van der Waals surface area contributed by atoms with Gasteiger partial charge in [0.2, 0.25) is 0 Å². The van der Waals surface area contributed by atoms with Gasteiger partial charge in [-0.15, -0.1) is 24.8 Å². The Kier molecular flexibility index (Phi) is 11.6. The number of nitro benzene ring substituents is 1. The van der Waals surface area contributed by atoms with Crippen molar-refractivity contribution in [2.24, 2.45) is 0 Å². The van der Waals surface area contributed by atoms with Crippen LogP contribution in [0.5, 0.6) is 11.5 Å². The van der Waals surface area contributed by atoms with Crippen LogP contribution in [0, 0.1) is 10.1 Å². The number of nitro groups is 1. The van der Waals surface area contributed by atoms with Gasteiger partial charge in [-0.2, -0.15) is 0 Å². The first kappa shape index (κ1) is 24.7. The summed E-state index contributed by atoms with van der Waals surface area (Å²) in [6.07, 6.45) is 4.11. The fraction of sp³-hybridized carbons (Fsp3) is 0.647. The second-order valence-corrected chi connectivity index (χ2v) is 6.14. The minimum absolute atomic E-state index is 0. The van der Waals surface area contributed by atoms with Crippen molar-refractivity contribution in [3.05, 3.63) is 27.8 Å². The quantitative estimate of drug-likeness (QED) is 0.386. The van der Waals surface area contributed by atoms with Crippen LogP contribution in [0.3, 0.4) is 0 Å². The lowest BCUT2D eigenvalue weighted by Crippen LogP contribution is -2.45. The molecule has 9 heteroatoms. The number of nitrogens with zero attached hydrogens (tertiary/aromatic N) is 2. The van der Waals surface area contributed by atoms with Gasteiger partial charge in [0.15, 0.2) is 11.5 Å². The molecule has 150 valence electrons. The highest BCUT2D eigenvalue weighted by atomic mass is 35.5. The lowest BCUT2D eigenvalue weighted by atomic mass is 9.96. The van der Waals surface area contributed by atoms with Gasteiger partial charge in [0, 0.05) is 43.9 Å². The van der Waals surface area contributed by atoms with Gasteiger partial charge in [-0.1, -0.05) is 26.2 Å². The van der Waals surface area contributed by atoms with Gasteiger partial charge in [0.25, 0.3) is 5.69 Å². The first-order valence-electron chi connectivity index (χ1n) is 8.58. The predicted molar refractivity (Wildman–Crippen MR) is 107 cm³/mol. The molecule has 1 heterocycles. The van der Waals surface area contributed by atoms with Crippen LogP contribution in [0.1, 0.15) is 44.2 Å². The maximum Gasteiger partial charge on any atom is 0.273 e. The third kappa shape index (κ3) is 6.16. The first-order valence-corrected chi connectivity index (χ1v) is 8.58. The van der Waals surface area contributed by atoms with E-state index in [0.29, 0.717) is 5.56 Å². The molecule has 7 nitrogen and oxygen atoms in total. The Morgan fingerprint density at radius 2 is 1.96 bits per heavy atom. The van der Waals surface area contributed by atoms with E-state index in [0.717, 1.165) is 51.9 Å². The average molecular weight is 410 g/mol. The van der Waals surface area contributed by atoms with Gasteiger partial charge in [0.05, 0.1) is 18.1 Å². The molecular formula is C17H29Cl2N3O4. The van der Waals surface area contributed by atoms with Crippen LogP contribution in [0.25, 0.3) is 0 Å². The number of phenols is 1. The normalized spacial score (nSPS) is 15.5. The first-order chi connectivity index (χ1) is 11.6. The van der Waals surface area contributed by atoms with Crippen LogP contribution >= 0.6 is 24.8 Å². The highest BCUT2D eigenvalue weighted by Crippen LogP contribution is 2.41. The topological polar surface area (TPSA) is 87.9 Å². The second kappa shape index (κ2) is 12.2. The highest BCUT2D eigenvalue weighted by molar-refractivity contribution is 5.85. The van der Waals surface area contributed by atoms with E-state index in [1.807, 2.05) is 0 Å². The molecular weight excluding hydrogens is 381 g/mol. The van der Waals surface area contributed by atoms with Crippen LogP contribution in [0.4, 0.5) is 5.69 Å². The molecule has 0 aliphatic carbocycles. The van der Waals surface area contributed by atoms with Gasteiger partial charge in [0.1, 0.15) is 0 Å². The van der Waals surface area contributed by atoms with E-state index in [9.17, 15) is 15.2 Å². The highest BCUT2D eigenvalue weighted by Gasteiger charge is 2.28. The number of non-ortho nitro benzene ring substituents is 1. The molecule has 0 spiro atoms. The van der Waals surface area contributed by atoms with Crippen molar-refractivity contribution in [1.82, 2.24) is 10.2 Å². The van der Waals surface area contributed by atoms with Gasteiger partial charge < -0.3 is 15.2 Å². The molecule has 0 amide bonds. The molecule has 1 aromatic rings. The van der Waals surface area contributed by atoms with Gasteiger partial charge in [-0.3, -0.25) is 15.0 Å². The summed E-state index contributed by atoms with van der Waals surface area (Å²) in [5.41, 5.74) is 0.550. The van der Waals surface area contributed by atoms with Crippen LogP contribution in [0.2, 0.25) is 0 Å². The number of unbranched alkanes of at least 4 members (excludes halogenated alkanes) is 2. The van der Waals surface area contributed by atoms with Crippen molar-refractivity contribution in [3.8, 4) is 11.5 Å². The van der Waals surface area contributed by atoms with E-state index in [2.05, 4.69) is 17.1 Å². The lowest BCUT2D eigenvalue weighted by Gasteiger charge is -2.35. The smallest absolute Gasteiger partial charge is 0.273 e. The molecule has 1 aromatic carbocycles. The zero-order chi connectivity index (χ0) is 17.5. The molecule has 1 aliphatic heterocycles. The molecule has 1 atom stereocenters. The Morgan fingerprint density at radius 1 is 1.31 bits per heavy atom. The minimum Gasteiger partial charge on any atom is -0.504 e. The molecule has 1 saturated heterocycles. The fourth-order valence-corrected chi connectivity index (χ4v) is 3.25. The Bertz CT molecular complexity index is 569. The molecule has 0 aromatic heterocycles.